The maximum Gasteiger partial charge on any atom is 0.305 e. The summed E-state index contributed by atoms with van der Waals surface area (Å²) in [5.74, 6) is -24.6. The van der Waals surface area contributed by atoms with E-state index in [0.717, 1.165) is 19.6 Å². The van der Waals surface area contributed by atoms with E-state index in [4.69, 9.17) is 11.5 Å². The number of primary amides is 1. The van der Waals surface area contributed by atoms with Crippen molar-refractivity contribution in [1.82, 2.24) is 77.3 Å². The number of nitrogens with zero attached hydrogens (tertiary/aromatic N) is 5. The Morgan fingerprint density at radius 1 is 0.518 bits per heavy atom. The summed E-state index contributed by atoms with van der Waals surface area (Å²) in [5.41, 5.74) is 13.7. The number of para-hydroxylation sites is 1. The Hall–Kier alpha value is -14.0. The molecule has 18 N–H and O–H groups in total. The van der Waals surface area contributed by atoms with Gasteiger partial charge in [0.1, 0.15) is 90.0 Å². The molecule has 7 aromatic rings. The highest BCUT2D eigenvalue weighted by atomic mass is 32.2. The van der Waals surface area contributed by atoms with E-state index in [0.29, 0.717) is 69.0 Å². The van der Waals surface area contributed by atoms with Gasteiger partial charge >= 0.3 is 5.97 Å². The van der Waals surface area contributed by atoms with E-state index in [1.54, 1.807) is 98.0 Å². The van der Waals surface area contributed by atoms with Crippen LogP contribution >= 0.6 is 11.8 Å². The number of rotatable bonds is 24. The maximum atomic E-state index is 15.8. The van der Waals surface area contributed by atoms with E-state index < -0.39 is 253 Å². The Morgan fingerprint density at radius 3 is 1.63 bits per heavy atom. The number of phenols is 2. The van der Waals surface area contributed by atoms with Gasteiger partial charge in [0.05, 0.1) is 24.8 Å². The van der Waals surface area contributed by atoms with Gasteiger partial charge in [0.2, 0.25) is 88.6 Å². The monoisotopic (exact) mass is 1920 g/mol. The number of hydrogen-bond donors (Lipinski definition) is 16. The predicted octanol–water partition coefficient (Wildman–Crippen LogP) is 1.47. The fraction of sp³-hybridized carbons (Fsp3) is 0.438. The first-order chi connectivity index (χ1) is 65.3. The summed E-state index contributed by atoms with van der Waals surface area (Å²) >= 11 is 0.649. The van der Waals surface area contributed by atoms with Crippen LogP contribution < -0.4 is 59.3 Å². The summed E-state index contributed by atoms with van der Waals surface area (Å²) in [6.45, 7) is 3.34. The van der Waals surface area contributed by atoms with Gasteiger partial charge in [-0.1, -0.05) is 137 Å². The molecule has 6 aromatic carbocycles. The molecule has 0 spiro atoms. The highest BCUT2D eigenvalue weighted by Crippen LogP contribution is 2.29. The van der Waals surface area contributed by atoms with Crippen LogP contribution in [0.3, 0.4) is 0 Å². The number of benzene rings is 6. The van der Waals surface area contributed by atoms with Crippen LogP contribution in [0.4, 0.5) is 13.2 Å². The Labute approximate surface area is 793 Å². The Bertz CT molecular complexity index is 5470. The predicted molar refractivity (Wildman–Crippen MR) is 496 cm³/mol. The summed E-state index contributed by atoms with van der Waals surface area (Å²) in [5, 5.41) is 67.0. The number of nitrogens with two attached hydrogens (primary N) is 2. The molecular formula is C96H118F3N17O20S. The van der Waals surface area contributed by atoms with Crippen LogP contribution in [0.1, 0.15) is 112 Å². The average molecular weight is 1920 g/mol. The van der Waals surface area contributed by atoms with E-state index in [-0.39, 0.29) is 94.4 Å². The first kappa shape index (κ1) is 105. The number of carbonyl (C=O) groups excluding carboxylic acids is 15. The molecule has 14 atom stereocenters. The maximum absolute atomic E-state index is 15.8. The van der Waals surface area contributed by atoms with Crippen molar-refractivity contribution in [2.24, 2.45) is 17.4 Å². The number of carboxylic acids is 1. The number of aliphatic hydroxyl groups excluding tert-OH is 1. The number of nitrogens with one attached hydrogen (secondary N) is 10. The second kappa shape index (κ2) is 49.5. The van der Waals surface area contributed by atoms with Gasteiger partial charge in [-0.05, 0) is 120 Å². The molecule has 3 aliphatic rings. The lowest BCUT2D eigenvalue weighted by Crippen LogP contribution is -2.62. The molecule has 137 heavy (non-hydrogen) atoms. The molecule has 41 heteroatoms. The summed E-state index contributed by atoms with van der Waals surface area (Å²) in [4.78, 5) is 247. The number of carbonyl (C=O) groups is 16. The van der Waals surface area contributed by atoms with Crippen LogP contribution in [-0.2, 0) is 115 Å². The molecule has 3 aliphatic heterocycles. The van der Waals surface area contributed by atoms with Gasteiger partial charge in [-0.25, -0.2) is 13.2 Å². The topological polar surface area (TPSA) is 546 Å². The zero-order chi connectivity index (χ0) is 99.6. The highest BCUT2D eigenvalue weighted by molar-refractivity contribution is 8.00. The number of halogens is 3. The van der Waals surface area contributed by atoms with Crippen LogP contribution in [0.25, 0.3) is 10.9 Å². The number of phenolic OH excluding ortho intramolecular Hbond substituents is 2. The lowest BCUT2D eigenvalue weighted by atomic mass is 9.98. The van der Waals surface area contributed by atoms with Crippen molar-refractivity contribution in [3.8, 4) is 11.5 Å². The summed E-state index contributed by atoms with van der Waals surface area (Å²) in [6, 6.07) is 13.9. The van der Waals surface area contributed by atoms with Crippen molar-refractivity contribution in [2.75, 3.05) is 58.8 Å². The van der Waals surface area contributed by atoms with Gasteiger partial charge in [0.25, 0.3) is 0 Å². The SMILES string of the molecule is CCCC[C@H]1C(=O)N2CCC[C@@H]2C(=O)N[C@@H](CC(=O)O)C(=O)N[C@@H](C(C)C)C(=O)N(C)[C@H](Cc2ccccc2)C(=O)N[C@H](Cc2ccc(O)cc2)C(=O)N2C[C@@H](O)C[C@@H]2C(=O)N[C@@H](Cc2c[nH]c3ccccc23)C(=O)N[C@@H](Cc2ccc(O)cc2)C(=O)N[C@@H](CCCN)C(=O)N[C@H](C(=O)NCC(N)=O)CSCC(=O)N[C@@H](Cc2cc(F)c(F)c(F)c2)C(=O)N(C)[C@@H](Cc2ccccc2)C(=O)N1C. The second-order valence-electron chi connectivity index (χ2n) is 34.8. The first-order valence-electron chi connectivity index (χ1n) is 45.2. The quantitative estimate of drug-likeness (QED) is 0.0381. The van der Waals surface area contributed by atoms with Crippen molar-refractivity contribution in [3.05, 3.63) is 203 Å². The van der Waals surface area contributed by atoms with Gasteiger partial charge in [-0.2, -0.15) is 0 Å². The average Bonchev–Trinajstić information content (AvgIpc) is 1.70. The van der Waals surface area contributed by atoms with Gasteiger partial charge in [0.15, 0.2) is 17.5 Å². The van der Waals surface area contributed by atoms with E-state index in [1.807, 2.05) is 0 Å². The number of aromatic hydroxyl groups is 2. The molecule has 0 saturated carbocycles. The molecule has 10 rings (SSSR count). The van der Waals surface area contributed by atoms with Crippen LogP contribution in [-0.4, -0.2) is 288 Å². The largest absolute Gasteiger partial charge is 0.508 e. The number of H-pyrrole nitrogens is 1. The minimum atomic E-state index is -1.97. The number of aromatic amines is 1. The number of hydrogen-bond acceptors (Lipinski definition) is 21. The summed E-state index contributed by atoms with van der Waals surface area (Å²) in [6.07, 6.45) is -3.36. The molecule has 1 aromatic heterocycles. The van der Waals surface area contributed by atoms with E-state index in [2.05, 4.69) is 52.8 Å². The number of carboxylic acid groups (broad SMARTS) is 1. The van der Waals surface area contributed by atoms with E-state index in [9.17, 15) is 58.4 Å². The molecule has 0 radical (unpaired) electrons. The number of likely N-dealkylation sites (N-methyl/N-ethyl adjacent to an activating group) is 3. The highest BCUT2D eigenvalue weighted by Gasteiger charge is 2.48. The minimum Gasteiger partial charge on any atom is -0.508 e. The van der Waals surface area contributed by atoms with Crippen LogP contribution in [0, 0.1) is 23.4 Å². The normalized spacial score (nSPS) is 23.7. The molecule has 3 fully saturated rings. The molecule has 0 aliphatic carbocycles. The Balaban J connectivity index is 1.06. The Morgan fingerprint density at radius 2 is 1.03 bits per heavy atom. The zero-order valence-corrected chi connectivity index (χ0v) is 77.5. The zero-order valence-electron chi connectivity index (χ0n) is 76.7. The number of aliphatic carboxylic acids is 1. The molecule has 0 bridgehead atoms. The van der Waals surface area contributed by atoms with Crippen molar-refractivity contribution in [2.45, 2.75) is 202 Å². The third-order valence-corrected chi connectivity index (χ3v) is 25.4. The summed E-state index contributed by atoms with van der Waals surface area (Å²) in [7, 11) is 3.72. The van der Waals surface area contributed by atoms with Crippen LogP contribution in [0.2, 0.25) is 0 Å². The second-order valence-corrected chi connectivity index (χ2v) is 35.9. The molecular weight excluding hydrogens is 1800 g/mol. The molecule has 734 valence electrons. The van der Waals surface area contributed by atoms with Gasteiger partial charge < -0.3 is 109 Å². The molecule has 15 amide bonds. The van der Waals surface area contributed by atoms with Gasteiger partial charge in [-0.3, -0.25) is 76.7 Å². The van der Waals surface area contributed by atoms with Crippen LogP contribution in [0.5, 0.6) is 11.5 Å². The standard InChI is InChI=1S/C96H118F3N17O20S/c1-7-8-26-75-95(135)115-37-18-27-74(115)89(129)108-70(47-81(122)123)88(128)111-83(53(2)3)96(136)113(5)76(43-54-19-11-9-12-20-54)90(130)109-72(41-57-30-34-61(118)35-31-57)93(133)116-50-62(119)46-77(116)91(131)107-69(45-59-48-102-66-24-16-15-23-63(59)66)87(127)106-68(40-56-28-32-60(117)33-29-56)86(126)105-67(25-17-36-100)85(125)110-73(84(124)103-49-79(101)120)51-137-52-80(121)104-71(42-58-38-64(97)82(99)65(98)39-58)92(132)114(6)78(94(134)112(75)4)44-55-21-13-10-14-22-55/h9-16,19-24,28-35,38-39,48,53,62,67-78,83,102,117-119H,7-8,17-18,25-27,36-37,40-47,49-52,100H2,1-6H3,(H2,101,120)(H,103,124)(H,104,121)(H,105,126)(H,106,127)(H,107,131)(H,108,129)(H,109,130)(H,110,125)(H,111,128)(H,122,123)/t62-,67-,68-,69-,70-,71-,72+,73-,74+,75-,76+,77+,78-,83-/m0/s1. The minimum absolute atomic E-state index is 0.0106. The van der Waals surface area contributed by atoms with E-state index in [1.165, 1.54) is 88.4 Å². The third-order valence-electron chi connectivity index (χ3n) is 24.4. The number of aromatic nitrogens is 1. The number of amides is 15. The van der Waals surface area contributed by atoms with Crippen molar-refractivity contribution in [1.29, 1.82) is 0 Å². The Kier molecular flexibility index (Phi) is 38.0. The van der Waals surface area contributed by atoms with Crippen LogP contribution in [0.15, 0.2) is 152 Å². The van der Waals surface area contributed by atoms with Gasteiger partial charge in [0, 0.05) is 102 Å². The number of thioether (sulfide) groups is 1. The van der Waals surface area contributed by atoms with Crippen molar-refractivity contribution < 1.29 is 110 Å². The molecule has 4 heterocycles. The van der Waals surface area contributed by atoms with Crippen molar-refractivity contribution in [3.63, 3.8) is 0 Å². The number of fused-ring (bicyclic) bond motifs is 3. The van der Waals surface area contributed by atoms with Gasteiger partial charge in [-0.15, -0.1) is 11.8 Å². The molecule has 3 saturated heterocycles. The fourth-order valence-corrected chi connectivity index (χ4v) is 17.8. The lowest BCUT2D eigenvalue weighted by molar-refractivity contribution is -0.152. The molecule has 0 unspecified atom stereocenters. The lowest BCUT2D eigenvalue weighted by Gasteiger charge is -2.38. The summed E-state index contributed by atoms with van der Waals surface area (Å²) < 4.78 is 45.1. The first-order valence-corrected chi connectivity index (χ1v) is 46.4. The number of unbranched alkanes of at least 4 members (excludes halogenated alkanes) is 1. The third kappa shape index (κ3) is 28.8. The smallest absolute Gasteiger partial charge is 0.305 e. The molecule has 37 nitrogen and oxygen atoms in total. The van der Waals surface area contributed by atoms with E-state index >= 15 is 51.9 Å². The number of aliphatic hydroxyl groups is 1. The fourth-order valence-electron chi connectivity index (χ4n) is 16.9. The van der Waals surface area contributed by atoms with Crippen molar-refractivity contribution >= 4 is 117 Å².